The average molecular weight is 345 g/mol. The van der Waals surface area contributed by atoms with E-state index in [2.05, 4.69) is 5.32 Å². The second-order valence-electron chi connectivity index (χ2n) is 5.74. The number of rotatable bonds is 5. The summed E-state index contributed by atoms with van der Waals surface area (Å²) in [6.07, 6.45) is 0.766. The van der Waals surface area contributed by atoms with E-state index in [4.69, 9.17) is 22.1 Å². The van der Waals surface area contributed by atoms with E-state index in [0.29, 0.717) is 5.69 Å². The zero-order valence-corrected chi connectivity index (χ0v) is 13.8. The van der Waals surface area contributed by atoms with Gasteiger partial charge in [0.1, 0.15) is 5.75 Å². The highest BCUT2D eigenvalue weighted by Crippen LogP contribution is 2.50. The van der Waals surface area contributed by atoms with Crippen molar-refractivity contribution in [3.05, 3.63) is 58.6 Å². The smallest absolute Gasteiger partial charge is 0.250 e. The SMILES string of the molecule is COc1ccccc1C1CC1C(=O)Nc1ccc(Cl)c(C(N)=O)c1. The summed E-state index contributed by atoms with van der Waals surface area (Å²) in [6, 6.07) is 12.4. The zero-order chi connectivity index (χ0) is 17.3. The van der Waals surface area contributed by atoms with Gasteiger partial charge in [-0.3, -0.25) is 9.59 Å². The van der Waals surface area contributed by atoms with Crippen LogP contribution >= 0.6 is 11.6 Å². The van der Waals surface area contributed by atoms with Crippen LogP contribution in [-0.4, -0.2) is 18.9 Å². The van der Waals surface area contributed by atoms with E-state index < -0.39 is 5.91 Å². The summed E-state index contributed by atoms with van der Waals surface area (Å²) in [5, 5.41) is 3.08. The predicted octanol–water partition coefficient (Wildman–Crippen LogP) is 3.19. The van der Waals surface area contributed by atoms with E-state index in [0.717, 1.165) is 17.7 Å². The number of hydrogen-bond acceptors (Lipinski definition) is 3. The molecule has 0 saturated heterocycles. The highest BCUT2D eigenvalue weighted by Gasteiger charge is 2.45. The first-order chi connectivity index (χ1) is 11.5. The van der Waals surface area contributed by atoms with Gasteiger partial charge >= 0.3 is 0 Å². The van der Waals surface area contributed by atoms with Crippen LogP contribution in [0.2, 0.25) is 5.02 Å². The van der Waals surface area contributed by atoms with Crippen LogP contribution in [0.15, 0.2) is 42.5 Å². The van der Waals surface area contributed by atoms with E-state index in [9.17, 15) is 9.59 Å². The number of para-hydroxylation sites is 1. The van der Waals surface area contributed by atoms with E-state index in [1.807, 2.05) is 24.3 Å². The van der Waals surface area contributed by atoms with Crippen LogP contribution in [0.5, 0.6) is 5.75 Å². The Hall–Kier alpha value is -2.53. The fraction of sp³-hybridized carbons (Fsp3) is 0.222. The Bertz CT molecular complexity index is 807. The Morgan fingerprint density at radius 1 is 1.25 bits per heavy atom. The molecule has 1 aliphatic rings. The molecule has 0 bridgehead atoms. The number of methoxy groups -OCH3 is 1. The molecule has 0 aromatic heterocycles. The summed E-state index contributed by atoms with van der Waals surface area (Å²) >= 11 is 5.91. The molecule has 1 fully saturated rings. The largest absolute Gasteiger partial charge is 0.496 e. The van der Waals surface area contributed by atoms with Gasteiger partial charge in [0.2, 0.25) is 11.8 Å². The summed E-state index contributed by atoms with van der Waals surface area (Å²) in [5.74, 6) is 0.0939. The molecule has 0 aliphatic heterocycles. The van der Waals surface area contributed by atoms with Gasteiger partial charge in [-0.25, -0.2) is 0 Å². The summed E-state index contributed by atoms with van der Waals surface area (Å²) in [4.78, 5) is 23.7. The average Bonchev–Trinajstić information content (AvgIpc) is 3.37. The minimum atomic E-state index is -0.630. The molecule has 2 unspecified atom stereocenters. The molecule has 1 aliphatic carbocycles. The molecule has 0 spiro atoms. The van der Waals surface area contributed by atoms with Gasteiger partial charge < -0.3 is 15.8 Å². The second-order valence-corrected chi connectivity index (χ2v) is 6.15. The van der Waals surface area contributed by atoms with E-state index in [1.54, 1.807) is 19.2 Å². The number of anilines is 1. The minimum absolute atomic E-state index is 0.0938. The van der Waals surface area contributed by atoms with Gasteiger partial charge in [0.05, 0.1) is 17.7 Å². The monoisotopic (exact) mass is 344 g/mol. The van der Waals surface area contributed by atoms with Crippen molar-refractivity contribution in [3.63, 3.8) is 0 Å². The van der Waals surface area contributed by atoms with Gasteiger partial charge in [0, 0.05) is 11.6 Å². The van der Waals surface area contributed by atoms with Crippen LogP contribution in [0.25, 0.3) is 0 Å². The fourth-order valence-corrected chi connectivity index (χ4v) is 3.04. The first-order valence-electron chi connectivity index (χ1n) is 7.54. The molecule has 2 atom stereocenters. The number of amides is 2. The van der Waals surface area contributed by atoms with Crippen molar-refractivity contribution in [3.8, 4) is 5.75 Å². The number of primary amides is 1. The lowest BCUT2D eigenvalue weighted by Crippen LogP contribution is -2.16. The minimum Gasteiger partial charge on any atom is -0.496 e. The van der Waals surface area contributed by atoms with Crippen molar-refractivity contribution in [1.82, 2.24) is 0 Å². The summed E-state index contributed by atoms with van der Waals surface area (Å²) in [5.41, 5.74) is 6.99. The molecule has 3 rings (SSSR count). The molecule has 0 heterocycles. The van der Waals surface area contributed by atoms with Crippen LogP contribution in [-0.2, 0) is 4.79 Å². The summed E-state index contributed by atoms with van der Waals surface area (Å²) < 4.78 is 5.35. The predicted molar refractivity (Wildman–Crippen MR) is 92.4 cm³/mol. The lowest BCUT2D eigenvalue weighted by molar-refractivity contribution is -0.117. The maximum absolute atomic E-state index is 12.4. The normalized spacial score (nSPS) is 18.8. The summed E-state index contributed by atoms with van der Waals surface area (Å²) in [7, 11) is 1.62. The number of hydrogen-bond donors (Lipinski definition) is 2. The number of halogens is 1. The Labute approximate surface area is 144 Å². The summed E-state index contributed by atoms with van der Waals surface area (Å²) in [6.45, 7) is 0. The molecule has 2 aromatic rings. The van der Waals surface area contributed by atoms with Gasteiger partial charge in [0.15, 0.2) is 0 Å². The zero-order valence-electron chi connectivity index (χ0n) is 13.1. The van der Waals surface area contributed by atoms with Crippen LogP contribution in [0.4, 0.5) is 5.69 Å². The molecular formula is C18H17ClN2O3. The first-order valence-corrected chi connectivity index (χ1v) is 7.92. The molecule has 124 valence electrons. The third-order valence-corrected chi connectivity index (χ3v) is 4.49. The first kappa shape index (κ1) is 16.3. The molecule has 6 heteroatoms. The van der Waals surface area contributed by atoms with E-state index in [1.165, 1.54) is 6.07 Å². The van der Waals surface area contributed by atoms with Crippen molar-refractivity contribution >= 4 is 29.1 Å². The van der Waals surface area contributed by atoms with Gasteiger partial charge in [-0.15, -0.1) is 0 Å². The van der Waals surface area contributed by atoms with Crippen molar-refractivity contribution in [2.24, 2.45) is 11.7 Å². The Morgan fingerprint density at radius 3 is 2.71 bits per heavy atom. The molecule has 5 nitrogen and oxygen atoms in total. The van der Waals surface area contributed by atoms with Gasteiger partial charge in [-0.2, -0.15) is 0 Å². The molecule has 0 radical (unpaired) electrons. The van der Waals surface area contributed by atoms with Crippen LogP contribution in [0, 0.1) is 5.92 Å². The molecule has 2 amide bonds. The van der Waals surface area contributed by atoms with Crippen molar-refractivity contribution in [1.29, 1.82) is 0 Å². The van der Waals surface area contributed by atoms with Gasteiger partial charge in [-0.05, 0) is 42.2 Å². The quantitative estimate of drug-likeness (QED) is 0.874. The van der Waals surface area contributed by atoms with E-state index in [-0.39, 0.29) is 28.3 Å². The number of ether oxygens (including phenoxy) is 1. The van der Waals surface area contributed by atoms with Crippen molar-refractivity contribution in [2.75, 3.05) is 12.4 Å². The van der Waals surface area contributed by atoms with Gasteiger partial charge in [-0.1, -0.05) is 29.8 Å². The standard InChI is InChI=1S/C18H17ClN2O3/c1-24-16-5-3-2-4-11(16)12-9-13(12)18(23)21-10-6-7-15(19)14(8-10)17(20)22/h2-8,12-13H,9H2,1H3,(H2,20,22)(H,21,23). The molecule has 3 N–H and O–H groups in total. The maximum atomic E-state index is 12.4. The van der Waals surface area contributed by atoms with Crippen LogP contribution in [0.3, 0.4) is 0 Å². The molecule has 2 aromatic carbocycles. The van der Waals surface area contributed by atoms with Crippen LogP contribution < -0.4 is 15.8 Å². The highest BCUT2D eigenvalue weighted by molar-refractivity contribution is 6.34. The molecule has 1 saturated carbocycles. The maximum Gasteiger partial charge on any atom is 0.250 e. The van der Waals surface area contributed by atoms with Crippen molar-refractivity contribution < 1.29 is 14.3 Å². The number of benzene rings is 2. The third kappa shape index (κ3) is 3.21. The van der Waals surface area contributed by atoms with E-state index >= 15 is 0 Å². The lowest BCUT2D eigenvalue weighted by atomic mass is 10.1. The Kier molecular flexibility index (Phi) is 4.44. The number of nitrogens with two attached hydrogens (primary N) is 1. The number of carbonyl (C=O) groups is 2. The van der Waals surface area contributed by atoms with Crippen molar-refractivity contribution in [2.45, 2.75) is 12.3 Å². The fourth-order valence-electron chi connectivity index (χ4n) is 2.83. The second kappa shape index (κ2) is 6.53. The third-order valence-electron chi connectivity index (χ3n) is 4.16. The number of carbonyl (C=O) groups excluding carboxylic acids is 2. The Balaban J connectivity index is 1.71. The number of nitrogens with one attached hydrogen (secondary N) is 1. The Morgan fingerprint density at radius 2 is 2.00 bits per heavy atom. The van der Waals surface area contributed by atoms with Crippen LogP contribution in [0.1, 0.15) is 28.3 Å². The highest BCUT2D eigenvalue weighted by atomic mass is 35.5. The molecule has 24 heavy (non-hydrogen) atoms. The van der Waals surface area contributed by atoms with Gasteiger partial charge in [0.25, 0.3) is 0 Å². The topological polar surface area (TPSA) is 81.4 Å². The molecular weight excluding hydrogens is 328 g/mol. The lowest BCUT2D eigenvalue weighted by Gasteiger charge is -2.09.